The van der Waals surface area contributed by atoms with Gasteiger partial charge in [-0.1, -0.05) is 19.0 Å². The second-order valence-electron chi connectivity index (χ2n) is 6.24. The van der Waals surface area contributed by atoms with Gasteiger partial charge in [0.15, 0.2) is 0 Å². The number of hydrogen-bond donors (Lipinski definition) is 1. The minimum absolute atomic E-state index is 0. The van der Waals surface area contributed by atoms with Crippen LogP contribution in [0.4, 0.5) is 0 Å². The van der Waals surface area contributed by atoms with Crippen molar-refractivity contribution >= 4 is 29.4 Å². The average Bonchev–Trinajstić information content (AvgIpc) is 3.11. The summed E-state index contributed by atoms with van der Waals surface area (Å²) in [5, 5.41) is 4.86. The number of rotatable bonds is 3. The fraction of sp³-hybridized carbons (Fsp3) is 0.562. The third-order valence-corrected chi connectivity index (χ3v) is 4.29. The lowest BCUT2D eigenvalue weighted by Gasteiger charge is -2.24. The number of pyridine rings is 1. The highest BCUT2D eigenvalue weighted by atomic mass is 35.5. The molecule has 0 bridgehead atoms. The predicted octanol–water partition coefficient (Wildman–Crippen LogP) is 2.64. The van der Waals surface area contributed by atoms with Gasteiger partial charge in [-0.25, -0.2) is 4.98 Å². The zero-order valence-corrected chi connectivity index (χ0v) is 14.5. The van der Waals surface area contributed by atoms with Crippen LogP contribution in [-0.2, 0) is 0 Å². The molecule has 1 aliphatic rings. The van der Waals surface area contributed by atoms with Crippen LogP contribution in [0.25, 0.3) is 11.1 Å². The molecule has 2 aromatic heterocycles. The van der Waals surface area contributed by atoms with Crippen LogP contribution in [0.2, 0.25) is 0 Å². The first-order chi connectivity index (χ1) is 10.5. The van der Waals surface area contributed by atoms with Gasteiger partial charge in [0.2, 0.25) is 0 Å². The number of likely N-dealkylation sites (tertiary alicyclic amines) is 1. The third-order valence-electron chi connectivity index (χ3n) is 4.29. The maximum absolute atomic E-state index is 13.0. The topological polar surface area (TPSA) is 85.2 Å². The van der Waals surface area contributed by atoms with Crippen LogP contribution in [0.5, 0.6) is 0 Å². The fourth-order valence-corrected chi connectivity index (χ4v) is 3.16. The summed E-state index contributed by atoms with van der Waals surface area (Å²) in [6, 6.07) is 1.96. The van der Waals surface area contributed by atoms with E-state index >= 15 is 0 Å². The van der Waals surface area contributed by atoms with Crippen LogP contribution in [0.3, 0.4) is 0 Å². The number of carbonyl (C=O) groups excluding carboxylic acids is 1. The Kier molecular flexibility index (Phi) is 5.26. The Morgan fingerprint density at radius 3 is 2.91 bits per heavy atom. The van der Waals surface area contributed by atoms with E-state index in [2.05, 4.69) is 10.1 Å². The minimum Gasteiger partial charge on any atom is -0.335 e. The lowest BCUT2D eigenvalue weighted by Crippen LogP contribution is -2.40. The molecule has 6 nitrogen and oxygen atoms in total. The number of carbonyl (C=O) groups is 1. The van der Waals surface area contributed by atoms with Gasteiger partial charge in [-0.3, -0.25) is 4.79 Å². The Morgan fingerprint density at radius 1 is 1.52 bits per heavy atom. The lowest BCUT2D eigenvalue weighted by molar-refractivity contribution is 0.0743. The summed E-state index contributed by atoms with van der Waals surface area (Å²) in [4.78, 5) is 19.3. The molecule has 1 amide bonds. The first-order valence-electron chi connectivity index (χ1n) is 7.81. The molecule has 1 fully saturated rings. The zero-order chi connectivity index (χ0) is 15.9. The Labute approximate surface area is 141 Å². The molecule has 126 valence electrons. The van der Waals surface area contributed by atoms with Crippen molar-refractivity contribution in [3.8, 4) is 0 Å². The maximum atomic E-state index is 13.0. The zero-order valence-electron chi connectivity index (χ0n) is 13.7. The highest BCUT2D eigenvalue weighted by Crippen LogP contribution is 2.30. The van der Waals surface area contributed by atoms with Crippen LogP contribution in [0.15, 0.2) is 10.6 Å². The number of fused-ring (bicyclic) bond motifs is 1. The van der Waals surface area contributed by atoms with Crippen LogP contribution in [0, 0.1) is 6.92 Å². The molecule has 3 rings (SSSR count). The van der Waals surface area contributed by atoms with E-state index in [1.54, 1.807) is 0 Å². The highest BCUT2D eigenvalue weighted by Gasteiger charge is 2.31. The Bertz CT molecular complexity index is 713. The molecule has 2 aromatic rings. The normalized spacial score (nSPS) is 17.8. The van der Waals surface area contributed by atoms with Gasteiger partial charge in [0.05, 0.1) is 16.6 Å². The second-order valence-corrected chi connectivity index (χ2v) is 6.24. The number of nitrogens with zero attached hydrogens (tertiary/aromatic N) is 3. The van der Waals surface area contributed by atoms with E-state index in [0.29, 0.717) is 17.8 Å². The summed E-state index contributed by atoms with van der Waals surface area (Å²) in [5.74, 6) is 0.176. The van der Waals surface area contributed by atoms with Crippen LogP contribution in [-0.4, -0.2) is 40.1 Å². The maximum Gasteiger partial charge on any atom is 0.259 e. The van der Waals surface area contributed by atoms with E-state index < -0.39 is 0 Å². The predicted molar refractivity (Wildman–Crippen MR) is 91.0 cm³/mol. The summed E-state index contributed by atoms with van der Waals surface area (Å²) in [6.45, 7) is 7.18. The van der Waals surface area contributed by atoms with Crippen LogP contribution < -0.4 is 5.73 Å². The van der Waals surface area contributed by atoms with Gasteiger partial charge in [0.25, 0.3) is 11.6 Å². The third kappa shape index (κ3) is 3.05. The molecule has 3 heterocycles. The van der Waals surface area contributed by atoms with Crippen molar-refractivity contribution in [2.75, 3.05) is 13.1 Å². The molecule has 1 aliphatic heterocycles. The van der Waals surface area contributed by atoms with Crippen molar-refractivity contribution in [3.05, 3.63) is 23.0 Å². The number of aromatic nitrogens is 2. The van der Waals surface area contributed by atoms with E-state index in [9.17, 15) is 4.79 Å². The van der Waals surface area contributed by atoms with Gasteiger partial charge in [-0.2, -0.15) is 0 Å². The molecular formula is C16H23ClN4O2. The summed E-state index contributed by atoms with van der Waals surface area (Å²) in [5.41, 5.74) is 8.42. The summed E-state index contributed by atoms with van der Waals surface area (Å²) < 4.78 is 5.34. The van der Waals surface area contributed by atoms with Crippen molar-refractivity contribution in [2.24, 2.45) is 5.73 Å². The fourth-order valence-electron chi connectivity index (χ4n) is 3.16. The molecule has 7 heteroatoms. The van der Waals surface area contributed by atoms with Gasteiger partial charge in [0.1, 0.15) is 0 Å². The number of nitrogens with two attached hydrogens (primary N) is 1. The summed E-state index contributed by atoms with van der Waals surface area (Å²) in [6.07, 6.45) is 1.97. The molecule has 0 saturated carbocycles. The Balaban J connectivity index is 0.00000192. The standard InChI is InChI=1S/C16H22N4O2.ClH/c1-9(2)14-13-12(7-10(3)18-15(13)22-19-14)16(21)20-6-4-5-11(20)8-17;/h7,9,11H,4-6,8,17H2,1-3H3;1H. The number of hydrogen-bond acceptors (Lipinski definition) is 5. The average molecular weight is 339 g/mol. The quantitative estimate of drug-likeness (QED) is 0.929. The molecule has 23 heavy (non-hydrogen) atoms. The minimum atomic E-state index is 0. The van der Waals surface area contributed by atoms with Crippen molar-refractivity contribution in [1.82, 2.24) is 15.0 Å². The molecular weight excluding hydrogens is 316 g/mol. The van der Waals surface area contributed by atoms with E-state index in [1.165, 1.54) is 0 Å². The van der Waals surface area contributed by atoms with Gasteiger partial charge in [-0.05, 0) is 31.7 Å². The number of aryl methyl sites for hydroxylation is 1. The number of amides is 1. The summed E-state index contributed by atoms with van der Waals surface area (Å²) >= 11 is 0. The molecule has 0 aliphatic carbocycles. The van der Waals surface area contributed by atoms with Crippen molar-refractivity contribution in [1.29, 1.82) is 0 Å². The van der Waals surface area contributed by atoms with Gasteiger partial charge < -0.3 is 15.2 Å². The molecule has 0 aromatic carbocycles. The molecule has 0 radical (unpaired) electrons. The molecule has 1 unspecified atom stereocenters. The van der Waals surface area contributed by atoms with E-state index in [4.69, 9.17) is 10.3 Å². The second kappa shape index (κ2) is 6.84. The molecule has 1 saturated heterocycles. The molecule has 1 atom stereocenters. The molecule has 2 N–H and O–H groups in total. The SMILES string of the molecule is Cc1cc(C(=O)N2CCCC2CN)c2c(C(C)C)noc2n1.Cl. The number of halogens is 1. The van der Waals surface area contributed by atoms with E-state index in [1.807, 2.05) is 31.7 Å². The lowest BCUT2D eigenvalue weighted by atomic mass is 10.0. The molecule has 0 spiro atoms. The van der Waals surface area contributed by atoms with Gasteiger partial charge >= 0.3 is 0 Å². The first-order valence-corrected chi connectivity index (χ1v) is 7.81. The smallest absolute Gasteiger partial charge is 0.259 e. The van der Waals surface area contributed by atoms with E-state index in [-0.39, 0.29) is 30.3 Å². The Hall–Kier alpha value is -1.66. The largest absolute Gasteiger partial charge is 0.335 e. The van der Waals surface area contributed by atoms with Crippen molar-refractivity contribution < 1.29 is 9.32 Å². The van der Waals surface area contributed by atoms with Crippen LogP contribution >= 0.6 is 12.4 Å². The van der Waals surface area contributed by atoms with Gasteiger partial charge in [-0.15, -0.1) is 12.4 Å². The monoisotopic (exact) mass is 338 g/mol. The van der Waals surface area contributed by atoms with Crippen molar-refractivity contribution in [3.63, 3.8) is 0 Å². The van der Waals surface area contributed by atoms with Crippen molar-refractivity contribution in [2.45, 2.75) is 45.6 Å². The Morgan fingerprint density at radius 2 is 2.26 bits per heavy atom. The van der Waals surface area contributed by atoms with E-state index in [0.717, 1.165) is 36.2 Å². The summed E-state index contributed by atoms with van der Waals surface area (Å²) in [7, 11) is 0. The van der Waals surface area contributed by atoms with Gasteiger partial charge in [0, 0.05) is 24.8 Å². The first kappa shape index (κ1) is 17.7. The highest BCUT2D eigenvalue weighted by molar-refractivity contribution is 6.06. The van der Waals surface area contributed by atoms with Crippen LogP contribution in [0.1, 0.15) is 54.4 Å².